The van der Waals surface area contributed by atoms with Gasteiger partial charge in [-0.25, -0.2) is 4.79 Å². The molecule has 12 heavy (non-hydrogen) atoms. The SMILES string of the molecule is CCCOC(=O)C#CC(C)(C)C. The summed E-state index contributed by atoms with van der Waals surface area (Å²) >= 11 is 0. The summed E-state index contributed by atoms with van der Waals surface area (Å²) in [6.07, 6.45) is 0.836. The Morgan fingerprint density at radius 3 is 2.42 bits per heavy atom. The third-order valence-corrected chi connectivity index (χ3v) is 0.977. The Labute approximate surface area is 74.3 Å². The van der Waals surface area contributed by atoms with Crippen molar-refractivity contribution >= 4 is 5.97 Å². The van der Waals surface area contributed by atoms with Gasteiger partial charge in [0, 0.05) is 11.3 Å². The molecule has 68 valence electrons. The molecule has 0 aromatic carbocycles. The van der Waals surface area contributed by atoms with E-state index < -0.39 is 5.97 Å². The molecule has 0 aliphatic rings. The maximum Gasteiger partial charge on any atom is 0.384 e. The Hall–Kier alpha value is -0.970. The van der Waals surface area contributed by atoms with E-state index in [1.807, 2.05) is 27.7 Å². The molecule has 0 bridgehead atoms. The largest absolute Gasteiger partial charge is 0.456 e. The zero-order chi connectivity index (χ0) is 9.61. The van der Waals surface area contributed by atoms with Gasteiger partial charge in [0.25, 0.3) is 0 Å². The van der Waals surface area contributed by atoms with Gasteiger partial charge in [0.1, 0.15) is 0 Å². The second-order valence-electron chi connectivity index (χ2n) is 3.64. The van der Waals surface area contributed by atoms with Crippen molar-refractivity contribution < 1.29 is 9.53 Å². The molecule has 0 aromatic rings. The summed E-state index contributed by atoms with van der Waals surface area (Å²) < 4.78 is 4.77. The number of carbonyl (C=O) groups is 1. The fourth-order valence-electron chi connectivity index (χ4n) is 0.469. The Balaban J connectivity index is 3.88. The van der Waals surface area contributed by atoms with Gasteiger partial charge in [-0.2, -0.15) is 0 Å². The van der Waals surface area contributed by atoms with Crippen LogP contribution < -0.4 is 0 Å². The van der Waals surface area contributed by atoms with Crippen molar-refractivity contribution in [3.8, 4) is 11.8 Å². The van der Waals surface area contributed by atoms with Crippen LogP contribution in [0.1, 0.15) is 34.1 Å². The third-order valence-electron chi connectivity index (χ3n) is 0.977. The quantitative estimate of drug-likeness (QED) is 0.358. The van der Waals surface area contributed by atoms with Crippen LogP contribution in [0.25, 0.3) is 0 Å². The first-order valence-corrected chi connectivity index (χ1v) is 4.15. The minimum absolute atomic E-state index is 0.134. The number of rotatable bonds is 2. The predicted octanol–water partition coefficient (Wildman–Crippen LogP) is 1.99. The molecule has 0 aliphatic heterocycles. The molecule has 0 fully saturated rings. The van der Waals surface area contributed by atoms with Gasteiger partial charge in [0.2, 0.25) is 0 Å². The van der Waals surface area contributed by atoms with Gasteiger partial charge in [-0.1, -0.05) is 12.8 Å². The summed E-state index contributed by atoms with van der Waals surface area (Å²) in [5.74, 6) is 4.83. The molecule has 0 spiro atoms. The van der Waals surface area contributed by atoms with E-state index in [9.17, 15) is 4.79 Å². The zero-order valence-corrected chi connectivity index (χ0v) is 8.23. The van der Waals surface area contributed by atoms with Crippen LogP contribution in [-0.2, 0) is 9.53 Å². The van der Waals surface area contributed by atoms with Crippen molar-refractivity contribution in [3.05, 3.63) is 0 Å². The van der Waals surface area contributed by atoms with Gasteiger partial charge >= 0.3 is 5.97 Å². The van der Waals surface area contributed by atoms with Gasteiger partial charge in [0.15, 0.2) is 0 Å². The Morgan fingerprint density at radius 1 is 1.42 bits per heavy atom. The Kier molecular flexibility index (Phi) is 4.43. The number of ether oxygens (including phenoxy) is 1. The van der Waals surface area contributed by atoms with Crippen molar-refractivity contribution in [2.24, 2.45) is 5.41 Å². The highest BCUT2D eigenvalue weighted by Crippen LogP contribution is 2.09. The van der Waals surface area contributed by atoms with Crippen LogP contribution in [-0.4, -0.2) is 12.6 Å². The van der Waals surface area contributed by atoms with Crippen molar-refractivity contribution in [3.63, 3.8) is 0 Å². The van der Waals surface area contributed by atoms with Crippen LogP contribution in [0.5, 0.6) is 0 Å². The molecular weight excluding hydrogens is 152 g/mol. The molecule has 0 aromatic heterocycles. The molecular formula is C10H16O2. The van der Waals surface area contributed by atoms with Gasteiger partial charge in [-0.05, 0) is 27.2 Å². The van der Waals surface area contributed by atoms with Crippen molar-refractivity contribution in [1.82, 2.24) is 0 Å². The van der Waals surface area contributed by atoms with Gasteiger partial charge < -0.3 is 4.74 Å². The standard InChI is InChI=1S/C10H16O2/c1-5-8-12-9(11)6-7-10(2,3)4/h5,8H2,1-4H3. The summed E-state index contributed by atoms with van der Waals surface area (Å²) in [6.45, 7) is 8.26. The lowest BCUT2D eigenvalue weighted by Crippen LogP contribution is -2.05. The summed E-state index contributed by atoms with van der Waals surface area (Å²) in [4.78, 5) is 10.9. The Morgan fingerprint density at radius 2 is 2.00 bits per heavy atom. The summed E-state index contributed by atoms with van der Waals surface area (Å²) in [5, 5.41) is 0. The Bertz CT molecular complexity index is 200. The average Bonchev–Trinajstić information content (AvgIpc) is 1.95. The highest BCUT2D eigenvalue weighted by molar-refractivity contribution is 5.88. The van der Waals surface area contributed by atoms with Crippen LogP contribution >= 0.6 is 0 Å². The van der Waals surface area contributed by atoms with E-state index in [-0.39, 0.29) is 5.41 Å². The van der Waals surface area contributed by atoms with Crippen molar-refractivity contribution in [2.45, 2.75) is 34.1 Å². The average molecular weight is 168 g/mol. The monoisotopic (exact) mass is 168 g/mol. The van der Waals surface area contributed by atoms with E-state index in [2.05, 4.69) is 11.8 Å². The molecule has 0 saturated heterocycles. The number of hydrogen-bond acceptors (Lipinski definition) is 2. The fraction of sp³-hybridized carbons (Fsp3) is 0.700. The molecule has 0 amide bonds. The van der Waals surface area contributed by atoms with E-state index in [4.69, 9.17) is 4.74 Å². The number of hydrogen-bond donors (Lipinski definition) is 0. The molecule has 0 unspecified atom stereocenters. The van der Waals surface area contributed by atoms with Crippen LogP contribution in [0.4, 0.5) is 0 Å². The number of esters is 1. The first-order chi connectivity index (χ1) is 5.45. The summed E-state index contributed by atoms with van der Waals surface area (Å²) in [6, 6.07) is 0. The van der Waals surface area contributed by atoms with E-state index in [1.54, 1.807) is 0 Å². The van der Waals surface area contributed by atoms with Crippen molar-refractivity contribution in [1.29, 1.82) is 0 Å². The predicted molar refractivity (Wildman–Crippen MR) is 48.5 cm³/mol. The molecule has 0 aliphatic carbocycles. The van der Waals surface area contributed by atoms with Crippen LogP contribution in [0.2, 0.25) is 0 Å². The highest BCUT2D eigenvalue weighted by atomic mass is 16.5. The lowest BCUT2D eigenvalue weighted by Gasteiger charge is -2.06. The molecule has 0 radical (unpaired) electrons. The van der Waals surface area contributed by atoms with Gasteiger partial charge in [0.05, 0.1) is 6.61 Å². The van der Waals surface area contributed by atoms with E-state index >= 15 is 0 Å². The molecule has 0 atom stereocenters. The van der Waals surface area contributed by atoms with Crippen LogP contribution in [0.3, 0.4) is 0 Å². The first-order valence-electron chi connectivity index (χ1n) is 4.15. The molecule has 0 heterocycles. The molecule has 2 nitrogen and oxygen atoms in total. The summed E-state index contributed by atoms with van der Waals surface area (Å²) in [5.41, 5.74) is -0.134. The maximum absolute atomic E-state index is 10.9. The number of carbonyl (C=O) groups excluding carboxylic acids is 1. The topological polar surface area (TPSA) is 26.3 Å². The zero-order valence-electron chi connectivity index (χ0n) is 8.23. The van der Waals surface area contributed by atoms with E-state index in [0.717, 1.165) is 6.42 Å². The first kappa shape index (κ1) is 11.0. The molecule has 0 N–H and O–H groups in total. The highest BCUT2D eigenvalue weighted by Gasteiger charge is 2.04. The fourth-order valence-corrected chi connectivity index (χ4v) is 0.469. The second kappa shape index (κ2) is 4.82. The normalized spacial score (nSPS) is 10.0. The second-order valence-corrected chi connectivity index (χ2v) is 3.64. The van der Waals surface area contributed by atoms with Crippen LogP contribution in [0, 0.1) is 17.3 Å². The van der Waals surface area contributed by atoms with Gasteiger partial charge in [-0.3, -0.25) is 0 Å². The third kappa shape index (κ3) is 7.14. The minimum Gasteiger partial charge on any atom is -0.456 e. The molecule has 2 heteroatoms. The van der Waals surface area contributed by atoms with Gasteiger partial charge in [-0.15, -0.1) is 0 Å². The molecule has 0 rings (SSSR count). The van der Waals surface area contributed by atoms with E-state index in [0.29, 0.717) is 6.61 Å². The lowest BCUT2D eigenvalue weighted by atomic mass is 9.98. The minimum atomic E-state index is -0.424. The summed E-state index contributed by atoms with van der Waals surface area (Å²) in [7, 11) is 0. The smallest absolute Gasteiger partial charge is 0.384 e. The van der Waals surface area contributed by atoms with E-state index in [1.165, 1.54) is 0 Å². The molecule has 0 saturated carbocycles. The van der Waals surface area contributed by atoms with Crippen LogP contribution in [0.15, 0.2) is 0 Å². The lowest BCUT2D eigenvalue weighted by molar-refractivity contribution is -0.136. The maximum atomic E-state index is 10.9. The van der Waals surface area contributed by atoms with Crippen molar-refractivity contribution in [2.75, 3.05) is 6.61 Å².